The van der Waals surface area contributed by atoms with Gasteiger partial charge in [0.15, 0.2) is 6.10 Å². The van der Waals surface area contributed by atoms with Crippen molar-refractivity contribution in [2.45, 2.75) is 32.8 Å². The molecule has 0 heterocycles. The van der Waals surface area contributed by atoms with Crippen molar-refractivity contribution in [2.75, 3.05) is 27.7 Å². The van der Waals surface area contributed by atoms with Crippen LogP contribution in [0.25, 0.3) is 0 Å². The first kappa shape index (κ1) is 15.9. The molecule has 0 aromatic heterocycles. The number of esters is 1. The molecule has 5 heteroatoms. The monoisotopic (exact) mass is 246 g/mol. The smallest absolute Gasteiger partial charge is 0.308 e. The van der Waals surface area contributed by atoms with Crippen LogP contribution in [0.1, 0.15) is 26.7 Å². The Bertz CT molecular complexity index is 268. The lowest BCUT2D eigenvalue weighted by molar-refractivity contribution is -0.873. The maximum absolute atomic E-state index is 11.5. The fourth-order valence-electron chi connectivity index (χ4n) is 1.38. The Kier molecular flexibility index (Phi) is 6.16. The molecule has 100 valence electrons. The van der Waals surface area contributed by atoms with Crippen LogP contribution in [0, 0.1) is 5.92 Å². The van der Waals surface area contributed by atoms with Gasteiger partial charge >= 0.3 is 11.9 Å². The highest BCUT2D eigenvalue weighted by atomic mass is 16.5. The van der Waals surface area contributed by atoms with E-state index in [2.05, 4.69) is 0 Å². The molecule has 5 nitrogen and oxygen atoms in total. The molecule has 0 amide bonds. The third-order valence-corrected chi connectivity index (χ3v) is 2.19. The van der Waals surface area contributed by atoms with Crippen molar-refractivity contribution >= 4 is 11.9 Å². The number of carboxylic acids is 1. The molecule has 0 saturated carbocycles. The van der Waals surface area contributed by atoms with Gasteiger partial charge in [0.2, 0.25) is 0 Å². The van der Waals surface area contributed by atoms with E-state index in [4.69, 9.17) is 9.84 Å². The van der Waals surface area contributed by atoms with Crippen LogP contribution < -0.4 is 0 Å². The van der Waals surface area contributed by atoms with Gasteiger partial charge in [-0.15, -0.1) is 0 Å². The van der Waals surface area contributed by atoms with Gasteiger partial charge in [0.05, 0.1) is 27.1 Å². The second-order valence-corrected chi connectivity index (χ2v) is 5.62. The van der Waals surface area contributed by atoms with Gasteiger partial charge < -0.3 is 14.3 Å². The van der Waals surface area contributed by atoms with Crippen LogP contribution in [0.4, 0.5) is 0 Å². The average Bonchev–Trinajstić information content (AvgIpc) is 2.11. The molecule has 1 atom stereocenters. The van der Waals surface area contributed by atoms with Gasteiger partial charge in [0.25, 0.3) is 0 Å². The molecule has 0 aromatic carbocycles. The topological polar surface area (TPSA) is 63.6 Å². The van der Waals surface area contributed by atoms with Crippen molar-refractivity contribution in [1.82, 2.24) is 0 Å². The molecule has 0 aromatic rings. The van der Waals surface area contributed by atoms with Crippen LogP contribution in [0.2, 0.25) is 0 Å². The Morgan fingerprint density at radius 2 is 1.76 bits per heavy atom. The highest BCUT2D eigenvalue weighted by Gasteiger charge is 2.23. The highest BCUT2D eigenvalue weighted by Crippen LogP contribution is 2.10. The third kappa shape index (κ3) is 8.68. The molecule has 0 aliphatic carbocycles. The van der Waals surface area contributed by atoms with Gasteiger partial charge in [-0.2, -0.15) is 0 Å². The minimum Gasteiger partial charge on any atom is -0.481 e. The van der Waals surface area contributed by atoms with E-state index in [-0.39, 0.29) is 24.4 Å². The molecule has 0 saturated heterocycles. The first-order valence-corrected chi connectivity index (χ1v) is 5.84. The Labute approximate surface area is 103 Å². The van der Waals surface area contributed by atoms with Crippen LogP contribution in [0.15, 0.2) is 0 Å². The van der Waals surface area contributed by atoms with Crippen LogP contribution in [0.5, 0.6) is 0 Å². The largest absolute Gasteiger partial charge is 0.481 e. The molecular formula is C12H24NO4+. The number of carbonyl (C=O) groups is 2. The molecular weight excluding hydrogens is 222 g/mol. The predicted molar refractivity (Wildman–Crippen MR) is 64.5 cm³/mol. The molecule has 0 aliphatic heterocycles. The maximum Gasteiger partial charge on any atom is 0.308 e. The minimum absolute atomic E-state index is 0.0239. The summed E-state index contributed by atoms with van der Waals surface area (Å²) in [7, 11) is 5.95. The number of aliphatic carboxylic acids is 1. The number of carbonyl (C=O) groups excluding carboxylic acids is 1. The zero-order valence-corrected chi connectivity index (χ0v) is 11.4. The van der Waals surface area contributed by atoms with Gasteiger partial charge in [-0.25, -0.2) is 0 Å². The predicted octanol–water partition coefficient (Wildman–Crippen LogP) is 1.13. The van der Waals surface area contributed by atoms with E-state index in [0.29, 0.717) is 17.4 Å². The van der Waals surface area contributed by atoms with Gasteiger partial charge in [-0.1, -0.05) is 13.8 Å². The summed E-state index contributed by atoms with van der Waals surface area (Å²) in [6.07, 6.45) is 0.0558. The lowest BCUT2D eigenvalue weighted by Crippen LogP contribution is -2.43. The molecule has 0 bridgehead atoms. The van der Waals surface area contributed by atoms with Gasteiger partial charge in [0.1, 0.15) is 6.54 Å². The fraction of sp³-hybridized carbons (Fsp3) is 0.833. The summed E-state index contributed by atoms with van der Waals surface area (Å²) in [6, 6.07) is 0. The van der Waals surface area contributed by atoms with Crippen LogP contribution in [-0.4, -0.2) is 55.3 Å². The van der Waals surface area contributed by atoms with Crippen molar-refractivity contribution < 1.29 is 23.9 Å². The highest BCUT2D eigenvalue weighted by molar-refractivity contribution is 5.71. The molecule has 1 N–H and O–H groups in total. The Morgan fingerprint density at radius 1 is 1.24 bits per heavy atom. The van der Waals surface area contributed by atoms with E-state index in [0.717, 1.165) is 0 Å². The number of hydrogen-bond donors (Lipinski definition) is 1. The summed E-state index contributed by atoms with van der Waals surface area (Å²) in [5.41, 5.74) is 0. The van der Waals surface area contributed by atoms with E-state index < -0.39 is 5.97 Å². The first-order valence-electron chi connectivity index (χ1n) is 5.84. The van der Waals surface area contributed by atoms with Gasteiger partial charge in [-0.3, -0.25) is 9.59 Å². The van der Waals surface area contributed by atoms with Crippen molar-refractivity contribution in [3.05, 3.63) is 0 Å². The van der Waals surface area contributed by atoms with Crippen molar-refractivity contribution in [3.8, 4) is 0 Å². The number of nitrogens with zero attached hydrogens (tertiary/aromatic N) is 1. The molecule has 0 radical (unpaired) electrons. The normalized spacial score (nSPS) is 13.5. The van der Waals surface area contributed by atoms with Gasteiger partial charge in [0, 0.05) is 12.8 Å². The second-order valence-electron chi connectivity index (χ2n) is 5.62. The lowest BCUT2D eigenvalue weighted by atomic mass is 10.1. The minimum atomic E-state index is -0.864. The lowest BCUT2D eigenvalue weighted by Gasteiger charge is -2.29. The molecule has 1 unspecified atom stereocenters. The number of carboxylic acid groups (broad SMARTS) is 1. The summed E-state index contributed by atoms with van der Waals surface area (Å²) in [5, 5.41) is 8.66. The van der Waals surface area contributed by atoms with Crippen molar-refractivity contribution in [2.24, 2.45) is 5.92 Å². The van der Waals surface area contributed by atoms with E-state index in [9.17, 15) is 9.59 Å². The first-order chi connectivity index (χ1) is 7.61. The number of ether oxygens (including phenoxy) is 1. The quantitative estimate of drug-likeness (QED) is 0.540. The van der Waals surface area contributed by atoms with Crippen molar-refractivity contribution in [3.63, 3.8) is 0 Å². The number of quaternary nitrogens is 1. The maximum atomic E-state index is 11.5. The van der Waals surface area contributed by atoms with E-state index in [1.165, 1.54) is 0 Å². The number of hydrogen-bond acceptors (Lipinski definition) is 3. The van der Waals surface area contributed by atoms with E-state index in [1.807, 2.05) is 21.1 Å². The van der Waals surface area contributed by atoms with Gasteiger partial charge in [-0.05, 0) is 0 Å². The van der Waals surface area contributed by atoms with Crippen LogP contribution in [-0.2, 0) is 14.3 Å². The molecule has 0 fully saturated rings. The second kappa shape index (κ2) is 6.59. The number of rotatable bonds is 7. The summed E-state index contributed by atoms with van der Waals surface area (Å²) in [6.45, 7) is 4.15. The standard InChI is InChI=1S/C12H23NO4/c1-9(2)12(16)17-10(6-7-11(14)15)8-13(3,4)5/h9-10H,6-8H2,1-5H3/p+1. The van der Waals surface area contributed by atoms with E-state index in [1.54, 1.807) is 13.8 Å². The van der Waals surface area contributed by atoms with Crippen molar-refractivity contribution in [1.29, 1.82) is 0 Å². The zero-order valence-electron chi connectivity index (χ0n) is 11.4. The average molecular weight is 246 g/mol. The Morgan fingerprint density at radius 3 is 2.12 bits per heavy atom. The fourth-order valence-corrected chi connectivity index (χ4v) is 1.38. The Balaban J connectivity index is 4.40. The Hall–Kier alpha value is -1.10. The third-order valence-electron chi connectivity index (χ3n) is 2.19. The zero-order chi connectivity index (χ0) is 13.6. The summed E-state index contributed by atoms with van der Waals surface area (Å²) >= 11 is 0. The summed E-state index contributed by atoms with van der Waals surface area (Å²) in [4.78, 5) is 22.1. The molecule has 0 rings (SSSR count). The molecule has 17 heavy (non-hydrogen) atoms. The summed E-state index contributed by atoms with van der Waals surface area (Å²) < 4.78 is 5.96. The molecule has 0 aliphatic rings. The van der Waals surface area contributed by atoms with Crippen LogP contribution >= 0.6 is 0 Å². The summed E-state index contributed by atoms with van der Waals surface area (Å²) in [5.74, 6) is -1.32. The SMILES string of the molecule is CC(C)C(=O)OC(CCC(=O)O)C[N+](C)(C)C. The van der Waals surface area contributed by atoms with Crippen LogP contribution in [0.3, 0.4) is 0 Å². The number of likely N-dealkylation sites (N-methyl/N-ethyl adjacent to an activating group) is 1. The molecule has 0 spiro atoms. The van der Waals surface area contributed by atoms with E-state index >= 15 is 0 Å².